The van der Waals surface area contributed by atoms with Gasteiger partial charge < -0.3 is 15.5 Å². The van der Waals surface area contributed by atoms with E-state index in [4.69, 9.17) is 0 Å². The van der Waals surface area contributed by atoms with Gasteiger partial charge in [-0.1, -0.05) is 244 Å². The molecule has 3 atom stereocenters. The SMILES string of the molecule is CC/C=C\C/C=C\CCCCCCCCCCCCCCCC(O)C(=O)NC(CS(=O)(=O)O)C(O)CCCCCCCCCCCCCCCCCCCCCC. The number of aliphatic hydroxyl groups is 2. The molecule has 3 unspecified atom stereocenters. The summed E-state index contributed by atoms with van der Waals surface area (Å²) in [7, 11) is -4.41. The Labute approximate surface area is 354 Å². The lowest BCUT2D eigenvalue weighted by Gasteiger charge is -2.24. The average molecular weight is 826 g/mol. The van der Waals surface area contributed by atoms with E-state index in [1.165, 1.54) is 167 Å². The quantitative estimate of drug-likeness (QED) is 0.0275. The van der Waals surface area contributed by atoms with Gasteiger partial charge in [0.25, 0.3) is 10.1 Å². The van der Waals surface area contributed by atoms with Gasteiger partial charge in [0.05, 0.1) is 17.9 Å². The summed E-state index contributed by atoms with van der Waals surface area (Å²) in [5.41, 5.74) is 0. The number of carbonyl (C=O) groups is 1. The fourth-order valence-corrected chi connectivity index (χ4v) is 8.55. The molecule has 338 valence electrons. The molecular weight excluding hydrogens is 731 g/mol. The minimum absolute atomic E-state index is 0.298. The minimum Gasteiger partial charge on any atom is -0.391 e. The molecule has 4 N–H and O–H groups in total. The van der Waals surface area contributed by atoms with Crippen LogP contribution in [0.1, 0.15) is 258 Å². The zero-order chi connectivity index (χ0) is 41.9. The van der Waals surface area contributed by atoms with Crippen molar-refractivity contribution >= 4 is 16.0 Å². The first-order chi connectivity index (χ1) is 27.7. The summed E-state index contributed by atoms with van der Waals surface area (Å²) in [6.07, 6.45) is 52.0. The van der Waals surface area contributed by atoms with E-state index in [0.29, 0.717) is 19.3 Å². The molecule has 0 radical (unpaired) electrons. The molecule has 0 bridgehead atoms. The van der Waals surface area contributed by atoms with Crippen LogP contribution in [0.4, 0.5) is 0 Å². The van der Waals surface area contributed by atoms with Crippen LogP contribution in [0.5, 0.6) is 0 Å². The summed E-state index contributed by atoms with van der Waals surface area (Å²) in [6, 6.07) is -1.15. The monoisotopic (exact) mass is 826 g/mol. The number of rotatable bonds is 45. The van der Waals surface area contributed by atoms with Crippen molar-refractivity contribution in [1.82, 2.24) is 5.32 Å². The molecule has 0 aromatic rings. The first kappa shape index (κ1) is 55.8. The molecule has 0 saturated carbocycles. The van der Waals surface area contributed by atoms with Gasteiger partial charge in [-0.15, -0.1) is 0 Å². The highest BCUT2D eigenvalue weighted by Crippen LogP contribution is 2.17. The van der Waals surface area contributed by atoms with Crippen LogP contribution in [0.15, 0.2) is 24.3 Å². The van der Waals surface area contributed by atoms with Crippen molar-refractivity contribution in [2.24, 2.45) is 0 Å². The van der Waals surface area contributed by atoms with Crippen molar-refractivity contribution in [3.8, 4) is 0 Å². The molecule has 0 aliphatic rings. The number of hydrogen-bond donors (Lipinski definition) is 4. The van der Waals surface area contributed by atoms with E-state index < -0.39 is 40.0 Å². The number of aliphatic hydroxyl groups excluding tert-OH is 2. The molecule has 0 heterocycles. The smallest absolute Gasteiger partial charge is 0.266 e. The van der Waals surface area contributed by atoms with Crippen LogP contribution in [-0.2, 0) is 14.9 Å². The third-order valence-electron chi connectivity index (χ3n) is 11.5. The zero-order valence-electron chi connectivity index (χ0n) is 37.6. The van der Waals surface area contributed by atoms with Crippen LogP contribution in [-0.4, -0.2) is 53.1 Å². The Kier molecular flexibility index (Phi) is 42.0. The van der Waals surface area contributed by atoms with E-state index >= 15 is 0 Å². The average Bonchev–Trinajstić information content (AvgIpc) is 3.18. The van der Waals surface area contributed by atoms with Crippen LogP contribution in [0.25, 0.3) is 0 Å². The lowest BCUT2D eigenvalue weighted by Crippen LogP contribution is -2.50. The number of amides is 1. The molecular formula is C49H95NO6S. The summed E-state index contributed by atoms with van der Waals surface area (Å²) in [5, 5.41) is 23.7. The Morgan fingerprint density at radius 3 is 1.23 bits per heavy atom. The molecule has 1 amide bonds. The van der Waals surface area contributed by atoms with Crippen LogP contribution < -0.4 is 5.32 Å². The van der Waals surface area contributed by atoms with Gasteiger partial charge in [0.15, 0.2) is 0 Å². The fourth-order valence-electron chi connectivity index (χ4n) is 7.80. The Morgan fingerprint density at radius 2 is 0.842 bits per heavy atom. The van der Waals surface area contributed by atoms with E-state index in [1.807, 2.05) is 0 Å². The van der Waals surface area contributed by atoms with Gasteiger partial charge in [-0.3, -0.25) is 9.35 Å². The maximum absolute atomic E-state index is 12.7. The predicted octanol–water partition coefficient (Wildman–Crippen LogP) is 14.1. The molecule has 0 aromatic carbocycles. The Bertz CT molecular complexity index is 1020. The molecule has 7 nitrogen and oxygen atoms in total. The Balaban J connectivity index is 3.85. The van der Waals surface area contributed by atoms with E-state index in [2.05, 4.69) is 43.5 Å². The van der Waals surface area contributed by atoms with Gasteiger partial charge in [-0.05, 0) is 38.5 Å². The Morgan fingerprint density at radius 1 is 0.491 bits per heavy atom. The normalized spacial score (nSPS) is 13.8. The van der Waals surface area contributed by atoms with Crippen molar-refractivity contribution < 1.29 is 28.0 Å². The molecule has 0 aliphatic heterocycles. The number of nitrogens with one attached hydrogen (secondary N) is 1. The molecule has 57 heavy (non-hydrogen) atoms. The molecule has 0 spiro atoms. The molecule has 0 fully saturated rings. The van der Waals surface area contributed by atoms with Crippen LogP contribution in [0, 0.1) is 0 Å². The van der Waals surface area contributed by atoms with Crippen molar-refractivity contribution in [1.29, 1.82) is 0 Å². The van der Waals surface area contributed by atoms with E-state index in [0.717, 1.165) is 57.8 Å². The van der Waals surface area contributed by atoms with Crippen LogP contribution in [0.3, 0.4) is 0 Å². The first-order valence-electron chi connectivity index (χ1n) is 24.6. The summed E-state index contributed by atoms with van der Waals surface area (Å²) >= 11 is 0. The van der Waals surface area contributed by atoms with Gasteiger partial charge in [0.1, 0.15) is 6.10 Å². The fraction of sp³-hybridized carbons (Fsp3) is 0.898. The minimum atomic E-state index is -4.41. The second-order valence-corrected chi connectivity index (χ2v) is 18.7. The second kappa shape index (κ2) is 42.9. The third kappa shape index (κ3) is 42.7. The summed E-state index contributed by atoms with van der Waals surface area (Å²) in [5.74, 6) is -1.44. The van der Waals surface area contributed by atoms with Crippen molar-refractivity contribution in [2.75, 3.05) is 5.75 Å². The highest BCUT2D eigenvalue weighted by atomic mass is 32.2. The van der Waals surface area contributed by atoms with Gasteiger partial charge in [0, 0.05) is 0 Å². The van der Waals surface area contributed by atoms with Gasteiger partial charge in [-0.25, -0.2) is 0 Å². The highest BCUT2D eigenvalue weighted by Gasteiger charge is 2.28. The van der Waals surface area contributed by atoms with Gasteiger partial charge >= 0.3 is 0 Å². The second-order valence-electron chi connectivity index (χ2n) is 17.2. The number of allylic oxidation sites excluding steroid dienone is 4. The van der Waals surface area contributed by atoms with Crippen molar-refractivity contribution in [3.05, 3.63) is 24.3 Å². The van der Waals surface area contributed by atoms with Gasteiger partial charge in [0.2, 0.25) is 5.91 Å². The molecule has 0 aliphatic carbocycles. The predicted molar refractivity (Wildman–Crippen MR) is 245 cm³/mol. The van der Waals surface area contributed by atoms with E-state index in [-0.39, 0.29) is 0 Å². The maximum atomic E-state index is 12.7. The number of unbranched alkanes of at least 4 members (excludes halogenated alkanes) is 32. The lowest BCUT2D eigenvalue weighted by atomic mass is 10.0. The summed E-state index contributed by atoms with van der Waals surface area (Å²) < 4.78 is 32.8. The van der Waals surface area contributed by atoms with Crippen LogP contribution in [0.2, 0.25) is 0 Å². The number of hydrogen-bond acceptors (Lipinski definition) is 5. The van der Waals surface area contributed by atoms with E-state index in [1.54, 1.807) is 0 Å². The number of carbonyl (C=O) groups excluding carboxylic acids is 1. The van der Waals surface area contributed by atoms with Crippen LogP contribution >= 0.6 is 0 Å². The van der Waals surface area contributed by atoms with Crippen molar-refractivity contribution in [3.63, 3.8) is 0 Å². The highest BCUT2D eigenvalue weighted by molar-refractivity contribution is 7.85. The molecule has 0 rings (SSSR count). The van der Waals surface area contributed by atoms with Crippen molar-refractivity contribution in [2.45, 2.75) is 276 Å². The molecule has 0 aromatic heterocycles. The summed E-state index contributed by atoms with van der Waals surface area (Å²) in [4.78, 5) is 12.7. The summed E-state index contributed by atoms with van der Waals surface area (Å²) in [6.45, 7) is 4.44. The zero-order valence-corrected chi connectivity index (χ0v) is 38.4. The molecule has 0 saturated heterocycles. The molecule has 8 heteroatoms. The standard InChI is InChI=1S/C49H95NO6S/c1-3-5-7-9-11-13-15-17-19-21-23-25-27-29-31-33-35-37-39-41-43-47(51)46(45-57(54,55)56)50-49(53)48(52)44-42-40-38-36-34-32-30-28-26-24-22-20-18-16-14-12-10-8-6-4-2/h6,8,12,14,46-48,51-52H,3-5,7,9-11,13,15-45H2,1-2H3,(H,50,53)(H,54,55,56)/b8-6-,14-12-. The Hall–Kier alpha value is -1.22. The van der Waals surface area contributed by atoms with Gasteiger partial charge in [-0.2, -0.15) is 8.42 Å². The maximum Gasteiger partial charge on any atom is 0.266 e. The van der Waals surface area contributed by atoms with E-state index in [9.17, 15) is 28.0 Å². The lowest BCUT2D eigenvalue weighted by molar-refractivity contribution is -0.131. The largest absolute Gasteiger partial charge is 0.391 e. The third-order valence-corrected chi connectivity index (χ3v) is 12.3. The topological polar surface area (TPSA) is 124 Å². The first-order valence-corrected chi connectivity index (χ1v) is 26.2.